The Morgan fingerprint density at radius 3 is 2.48 bits per heavy atom. The van der Waals surface area contributed by atoms with Crippen LogP contribution < -0.4 is 15.0 Å². The van der Waals surface area contributed by atoms with Gasteiger partial charge in [0.25, 0.3) is 5.91 Å². The number of ether oxygens (including phenoxy) is 1. The van der Waals surface area contributed by atoms with Gasteiger partial charge in [-0.25, -0.2) is 0 Å². The molecule has 0 saturated carbocycles. The Morgan fingerprint density at radius 1 is 1.03 bits per heavy atom. The fourth-order valence-corrected chi connectivity index (χ4v) is 3.73. The van der Waals surface area contributed by atoms with Crippen LogP contribution in [0.5, 0.6) is 5.75 Å². The Labute approximate surface area is 176 Å². The van der Waals surface area contributed by atoms with Gasteiger partial charge in [0.05, 0.1) is 18.3 Å². The molecule has 4 rings (SSSR count). The topological polar surface area (TPSA) is 58.6 Å². The Balaban J connectivity index is 1.58. The maximum absolute atomic E-state index is 13.1. The molecule has 2 atom stereocenters. The van der Waals surface area contributed by atoms with Gasteiger partial charge < -0.3 is 10.1 Å². The molecule has 8 heteroatoms. The second-order valence-corrected chi connectivity index (χ2v) is 7.29. The van der Waals surface area contributed by atoms with E-state index in [1.807, 2.05) is 42.5 Å². The molecule has 0 saturated heterocycles. The molecule has 2 unspecified atom stereocenters. The third-order valence-electron chi connectivity index (χ3n) is 5.20. The van der Waals surface area contributed by atoms with Crippen LogP contribution >= 0.6 is 0 Å². The summed E-state index contributed by atoms with van der Waals surface area (Å²) < 4.78 is 44.9. The summed E-state index contributed by atoms with van der Waals surface area (Å²) in [5, 5.41) is 4.77. The van der Waals surface area contributed by atoms with E-state index in [-0.39, 0.29) is 11.4 Å². The molecule has 0 spiro atoms. The number of fused-ring (bicyclic) bond motifs is 2. The predicted octanol–water partition coefficient (Wildman–Crippen LogP) is 4.37. The lowest BCUT2D eigenvalue weighted by atomic mass is 9.99. The number of amides is 2. The van der Waals surface area contributed by atoms with Gasteiger partial charge in [-0.05, 0) is 35.4 Å². The molecular weight excluding hydrogens is 409 g/mol. The van der Waals surface area contributed by atoms with E-state index in [4.69, 9.17) is 4.74 Å². The Kier molecular flexibility index (Phi) is 5.31. The minimum Gasteiger partial charge on any atom is -0.477 e. The van der Waals surface area contributed by atoms with E-state index in [1.54, 1.807) is 13.0 Å². The lowest BCUT2D eigenvalue weighted by Gasteiger charge is -2.34. The van der Waals surface area contributed by atoms with Crippen LogP contribution in [0.1, 0.15) is 18.5 Å². The first-order valence-corrected chi connectivity index (χ1v) is 9.68. The summed E-state index contributed by atoms with van der Waals surface area (Å²) in [7, 11) is 0. The van der Waals surface area contributed by atoms with Crippen molar-refractivity contribution in [3.8, 4) is 5.75 Å². The number of para-hydroxylation sites is 2. The van der Waals surface area contributed by atoms with Gasteiger partial charge in [0, 0.05) is 0 Å². The van der Waals surface area contributed by atoms with Gasteiger partial charge in [0.2, 0.25) is 0 Å². The molecule has 1 aliphatic rings. The maximum Gasteiger partial charge on any atom is 0.471 e. The molecule has 3 aromatic rings. The van der Waals surface area contributed by atoms with Gasteiger partial charge in [-0.15, -0.1) is 0 Å². The van der Waals surface area contributed by atoms with Gasteiger partial charge in [0.15, 0.2) is 6.10 Å². The van der Waals surface area contributed by atoms with Crippen molar-refractivity contribution in [3.63, 3.8) is 0 Å². The van der Waals surface area contributed by atoms with E-state index < -0.39 is 36.7 Å². The number of anilines is 1. The number of hydrogen-bond donors (Lipinski definition) is 1. The molecule has 0 radical (unpaired) electrons. The minimum absolute atomic E-state index is 0.0176. The number of hydrogen-bond acceptors (Lipinski definition) is 3. The van der Waals surface area contributed by atoms with Gasteiger partial charge >= 0.3 is 12.1 Å². The highest BCUT2D eigenvalue weighted by Crippen LogP contribution is 2.36. The molecular formula is C23H19F3N2O3. The molecule has 2 amide bonds. The van der Waals surface area contributed by atoms with E-state index in [0.717, 1.165) is 16.3 Å². The van der Waals surface area contributed by atoms with E-state index in [2.05, 4.69) is 5.32 Å². The highest BCUT2D eigenvalue weighted by molar-refractivity contribution is 6.00. The zero-order valence-corrected chi connectivity index (χ0v) is 16.5. The number of nitrogens with one attached hydrogen (secondary N) is 1. The Bertz CT molecular complexity index is 1140. The number of carbonyl (C=O) groups is 2. The number of alkyl halides is 3. The quantitative estimate of drug-likeness (QED) is 0.674. The average molecular weight is 428 g/mol. The summed E-state index contributed by atoms with van der Waals surface area (Å²) in [6.07, 6.45) is -6.35. The molecule has 0 bridgehead atoms. The second kappa shape index (κ2) is 7.94. The molecule has 1 aliphatic heterocycles. The zero-order valence-electron chi connectivity index (χ0n) is 16.5. The lowest BCUT2D eigenvalue weighted by Crippen LogP contribution is -2.53. The van der Waals surface area contributed by atoms with Crippen molar-refractivity contribution in [1.29, 1.82) is 0 Å². The Hall–Kier alpha value is -3.55. The van der Waals surface area contributed by atoms with E-state index in [0.29, 0.717) is 4.90 Å². The summed E-state index contributed by atoms with van der Waals surface area (Å²) in [5.74, 6) is -2.60. The maximum atomic E-state index is 13.1. The first-order chi connectivity index (χ1) is 14.8. The molecule has 3 aromatic carbocycles. The van der Waals surface area contributed by atoms with E-state index in [1.165, 1.54) is 18.2 Å². The van der Waals surface area contributed by atoms with Crippen LogP contribution in [0.25, 0.3) is 10.8 Å². The molecule has 160 valence electrons. The molecule has 31 heavy (non-hydrogen) atoms. The molecule has 1 heterocycles. The van der Waals surface area contributed by atoms with Gasteiger partial charge in [-0.3, -0.25) is 14.5 Å². The van der Waals surface area contributed by atoms with Crippen molar-refractivity contribution in [2.45, 2.75) is 25.2 Å². The normalized spacial score (nSPS) is 16.9. The second-order valence-electron chi connectivity index (χ2n) is 7.29. The van der Waals surface area contributed by atoms with Crippen LogP contribution in [0.15, 0.2) is 66.7 Å². The van der Waals surface area contributed by atoms with Crippen LogP contribution in [-0.4, -0.2) is 30.6 Å². The van der Waals surface area contributed by atoms with E-state index in [9.17, 15) is 22.8 Å². The number of halogens is 3. The van der Waals surface area contributed by atoms with Crippen molar-refractivity contribution in [3.05, 3.63) is 72.3 Å². The predicted molar refractivity (Wildman–Crippen MR) is 110 cm³/mol. The Morgan fingerprint density at radius 2 is 1.71 bits per heavy atom. The highest BCUT2D eigenvalue weighted by Gasteiger charge is 2.46. The summed E-state index contributed by atoms with van der Waals surface area (Å²) in [6, 6.07) is 18.8. The summed E-state index contributed by atoms with van der Waals surface area (Å²) in [6.45, 7) is 1.25. The average Bonchev–Trinajstić information content (AvgIpc) is 2.76. The lowest BCUT2D eigenvalue weighted by molar-refractivity contribution is -0.171. The number of benzene rings is 3. The van der Waals surface area contributed by atoms with Crippen molar-refractivity contribution in [2.24, 2.45) is 0 Å². The van der Waals surface area contributed by atoms with Gasteiger partial charge in [-0.1, -0.05) is 54.6 Å². The molecule has 1 N–H and O–H groups in total. The SMILES string of the molecule is CC(NC(=O)C1CN(C(=O)C(F)(F)F)c2ccccc2O1)c1cccc2ccccc12. The summed E-state index contributed by atoms with van der Waals surface area (Å²) in [4.78, 5) is 25.4. The molecule has 0 aromatic heterocycles. The monoisotopic (exact) mass is 428 g/mol. The van der Waals surface area contributed by atoms with Gasteiger partial charge in [-0.2, -0.15) is 13.2 Å². The number of nitrogens with zero attached hydrogens (tertiary/aromatic N) is 1. The number of carbonyl (C=O) groups excluding carboxylic acids is 2. The highest BCUT2D eigenvalue weighted by atomic mass is 19.4. The van der Waals surface area contributed by atoms with Crippen molar-refractivity contribution >= 4 is 28.3 Å². The van der Waals surface area contributed by atoms with Crippen molar-refractivity contribution in [2.75, 3.05) is 11.4 Å². The number of rotatable bonds is 3. The van der Waals surface area contributed by atoms with Crippen molar-refractivity contribution < 1.29 is 27.5 Å². The van der Waals surface area contributed by atoms with Crippen molar-refractivity contribution in [1.82, 2.24) is 5.32 Å². The van der Waals surface area contributed by atoms with Crippen LogP contribution in [-0.2, 0) is 9.59 Å². The van der Waals surface area contributed by atoms with Gasteiger partial charge in [0.1, 0.15) is 5.75 Å². The third kappa shape index (κ3) is 4.05. The molecule has 5 nitrogen and oxygen atoms in total. The fourth-order valence-electron chi connectivity index (χ4n) is 3.73. The van der Waals surface area contributed by atoms with Crippen LogP contribution in [0.2, 0.25) is 0 Å². The first-order valence-electron chi connectivity index (χ1n) is 9.68. The standard InChI is InChI=1S/C23H19F3N2O3/c1-14(16-10-6-8-15-7-2-3-9-17(15)16)27-21(29)20-13-28(22(30)23(24,25)26)18-11-4-5-12-19(18)31-20/h2-12,14,20H,13H2,1H3,(H,27,29). The van der Waals surface area contributed by atoms with Crippen LogP contribution in [0.3, 0.4) is 0 Å². The van der Waals surface area contributed by atoms with Crippen LogP contribution in [0, 0.1) is 0 Å². The summed E-state index contributed by atoms with van der Waals surface area (Å²) >= 11 is 0. The third-order valence-corrected chi connectivity index (χ3v) is 5.20. The summed E-state index contributed by atoms with van der Waals surface area (Å²) in [5.41, 5.74) is 0.849. The largest absolute Gasteiger partial charge is 0.477 e. The smallest absolute Gasteiger partial charge is 0.471 e. The molecule has 0 aliphatic carbocycles. The minimum atomic E-state index is -5.07. The van der Waals surface area contributed by atoms with Crippen LogP contribution in [0.4, 0.5) is 18.9 Å². The zero-order chi connectivity index (χ0) is 22.2. The fraction of sp³-hybridized carbons (Fsp3) is 0.217. The molecule has 0 fully saturated rings. The van der Waals surface area contributed by atoms with E-state index >= 15 is 0 Å². The first kappa shape index (κ1) is 20.7.